The summed E-state index contributed by atoms with van der Waals surface area (Å²) in [5.74, 6) is -0.570. The molecule has 100 valence electrons. The maximum atomic E-state index is 11.8. The second-order valence-corrected chi connectivity index (χ2v) is 4.30. The van der Waals surface area contributed by atoms with E-state index in [0.717, 1.165) is 0 Å². The van der Waals surface area contributed by atoms with Gasteiger partial charge < -0.3 is 10.1 Å². The first-order chi connectivity index (χ1) is 9.20. The molecule has 8 heteroatoms. The molecule has 2 heterocycles. The maximum absolute atomic E-state index is 11.8. The van der Waals surface area contributed by atoms with Crippen molar-refractivity contribution in [3.63, 3.8) is 0 Å². The van der Waals surface area contributed by atoms with Crippen molar-refractivity contribution in [1.82, 2.24) is 15.2 Å². The van der Waals surface area contributed by atoms with Gasteiger partial charge in [-0.05, 0) is 6.92 Å². The normalized spacial score (nSPS) is 10.2. The molecule has 1 amide bonds. The van der Waals surface area contributed by atoms with Gasteiger partial charge in [0.15, 0.2) is 0 Å². The van der Waals surface area contributed by atoms with Crippen LogP contribution in [0.15, 0.2) is 17.1 Å². The number of amides is 1. The lowest BCUT2D eigenvalue weighted by atomic mass is 10.3. The number of hydrogen-bond donors (Lipinski definition) is 2. The van der Waals surface area contributed by atoms with Crippen molar-refractivity contribution in [2.45, 2.75) is 13.3 Å². The van der Waals surface area contributed by atoms with E-state index < -0.39 is 5.97 Å². The molecule has 7 nitrogen and oxygen atoms in total. The van der Waals surface area contributed by atoms with Gasteiger partial charge in [-0.15, -0.1) is 11.3 Å². The minimum absolute atomic E-state index is 0.144. The monoisotopic (exact) mass is 280 g/mol. The van der Waals surface area contributed by atoms with E-state index in [2.05, 4.69) is 20.5 Å². The Balaban J connectivity index is 2.01. The first kappa shape index (κ1) is 13.2. The third-order valence-corrected chi connectivity index (χ3v) is 2.86. The second-order valence-electron chi connectivity index (χ2n) is 3.58. The summed E-state index contributed by atoms with van der Waals surface area (Å²) >= 11 is 1.42. The molecule has 0 saturated carbocycles. The largest absolute Gasteiger partial charge is 0.462 e. The summed E-state index contributed by atoms with van der Waals surface area (Å²) in [6, 6.07) is 0. The van der Waals surface area contributed by atoms with Gasteiger partial charge in [-0.1, -0.05) is 0 Å². The molecule has 0 aliphatic carbocycles. The van der Waals surface area contributed by atoms with Crippen molar-refractivity contribution in [2.24, 2.45) is 0 Å². The average molecular weight is 280 g/mol. The highest BCUT2D eigenvalue weighted by atomic mass is 32.1. The Kier molecular flexibility index (Phi) is 4.24. The Morgan fingerprint density at radius 3 is 3.05 bits per heavy atom. The van der Waals surface area contributed by atoms with Crippen molar-refractivity contribution in [3.05, 3.63) is 28.3 Å². The predicted octanol–water partition coefficient (Wildman–Crippen LogP) is 1.22. The standard InChI is InChI=1S/C11H12N4O3S/c1-2-18-11(17)8-4-13-15-10(8)14-9(16)3-7-5-19-6-12-7/h4-6H,2-3H2,1H3,(H2,13,14,15,16). The fraction of sp³-hybridized carbons (Fsp3) is 0.273. The minimum Gasteiger partial charge on any atom is -0.462 e. The van der Waals surface area contributed by atoms with Gasteiger partial charge in [-0.3, -0.25) is 9.89 Å². The zero-order valence-electron chi connectivity index (χ0n) is 10.2. The van der Waals surface area contributed by atoms with Crippen LogP contribution in [-0.4, -0.2) is 33.7 Å². The second kappa shape index (κ2) is 6.10. The highest BCUT2D eigenvalue weighted by Crippen LogP contribution is 2.13. The van der Waals surface area contributed by atoms with E-state index in [1.54, 1.807) is 17.8 Å². The number of carbonyl (C=O) groups excluding carboxylic acids is 2. The van der Waals surface area contributed by atoms with Gasteiger partial charge in [-0.2, -0.15) is 5.10 Å². The molecule has 19 heavy (non-hydrogen) atoms. The minimum atomic E-state index is -0.528. The molecule has 0 aromatic carbocycles. The molecule has 2 rings (SSSR count). The molecule has 0 saturated heterocycles. The maximum Gasteiger partial charge on any atom is 0.343 e. The number of nitrogens with one attached hydrogen (secondary N) is 2. The predicted molar refractivity (Wildman–Crippen MR) is 69.0 cm³/mol. The number of thiazole rings is 1. The smallest absolute Gasteiger partial charge is 0.343 e. The molecule has 0 spiro atoms. The van der Waals surface area contributed by atoms with Crippen LogP contribution < -0.4 is 5.32 Å². The van der Waals surface area contributed by atoms with Crippen molar-refractivity contribution in [1.29, 1.82) is 0 Å². The number of aromatic amines is 1. The summed E-state index contributed by atoms with van der Waals surface area (Å²) in [5, 5.41) is 10.6. The third-order valence-electron chi connectivity index (χ3n) is 2.22. The summed E-state index contributed by atoms with van der Waals surface area (Å²) in [7, 11) is 0. The van der Waals surface area contributed by atoms with Crippen LogP contribution in [0.5, 0.6) is 0 Å². The van der Waals surface area contributed by atoms with E-state index in [4.69, 9.17) is 4.74 Å². The van der Waals surface area contributed by atoms with Gasteiger partial charge in [0, 0.05) is 5.38 Å². The van der Waals surface area contributed by atoms with Crippen molar-refractivity contribution in [3.8, 4) is 0 Å². The van der Waals surface area contributed by atoms with Crippen LogP contribution in [-0.2, 0) is 16.0 Å². The lowest BCUT2D eigenvalue weighted by molar-refractivity contribution is -0.115. The van der Waals surface area contributed by atoms with Crippen molar-refractivity contribution < 1.29 is 14.3 Å². The van der Waals surface area contributed by atoms with Gasteiger partial charge >= 0.3 is 5.97 Å². The molecular formula is C11H12N4O3S. The van der Waals surface area contributed by atoms with Crippen LogP contribution in [0.4, 0.5) is 5.82 Å². The number of esters is 1. The lowest BCUT2D eigenvalue weighted by Crippen LogP contribution is -2.17. The Morgan fingerprint density at radius 1 is 1.53 bits per heavy atom. The SMILES string of the molecule is CCOC(=O)c1cn[nH]c1NC(=O)Cc1cscn1. The zero-order valence-corrected chi connectivity index (χ0v) is 11.0. The first-order valence-corrected chi connectivity index (χ1v) is 6.52. The molecule has 0 aliphatic rings. The van der Waals surface area contributed by atoms with Gasteiger partial charge in [0.05, 0.1) is 30.4 Å². The molecule has 0 unspecified atom stereocenters. The number of rotatable bonds is 5. The molecule has 2 aromatic rings. The van der Waals surface area contributed by atoms with E-state index in [0.29, 0.717) is 5.69 Å². The highest BCUT2D eigenvalue weighted by Gasteiger charge is 2.17. The van der Waals surface area contributed by atoms with Crippen LogP contribution in [0.2, 0.25) is 0 Å². The highest BCUT2D eigenvalue weighted by molar-refractivity contribution is 7.07. The fourth-order valence-corrected chi connectivity index (χ4v) is 1.98. The fourth-order valence-electron chi connectivity index (χ4n) is 1.42. The number of carbonyl (C=O) groups is 2. The molecule has 2 aromatic heterocycles. The van der Waals surface area contributed by atoms with E-state index in [-0.39, 0.29) is 30.3 Å². The lowest BCUT2D eigenvalue weighted by Gasteiger charge is -2.04. The quantitative estimate of drug-likeness (QED) is 0.803. The van der Waals surface area contributed by atoms with Gasteiger partial charge in [0.25, 0.3) is 0 Å². The molecule has 2 N–H and O–H groups in total. The van der Waals surface area contributed by atoms with E-state index in [1.165, 1.54) is 17.5 Å². The van der Waals surface area contributed by atoms with E-state index in [9.17, 15) is 9.59 Å². The molecule has 0 aliphatic heterocycles. The Bertz CT molecular complexity index is 564. The summed E-state index contributed by atoms with van der Waals surface area (Å²) in [6.07, 6.45) is 1.46. The van der Waals surface area contributed by atoms with Crippen LogP contribution in [0.3, 0.4) is 0 Å². The first-order valence-electron chi connectivity index (χ1n) is 5.58. The van der Waals surface area contributed by atoms with E-state index >= 15 is 0 Å². The molecule has 0 atom stereocenters. The van der Waals surface area contributed by atoms with Crippen molar-refractivity contribution >= 4 is 29.0 Å². The number of anilines is 1. The van der Waals surface area contributed by atoms with Crippen LogP contribution in [0.1, 0.15) is 23.0 Å². The van der Waals surface area contributed by atoms with Crippen LogP contribution in [0, 0.1) is 0 Å². The van der Waals surface area contributed by atoms with Crippen LogP contribution >= 0.6 is 11.3 Å². The summed E-state index contributed by atoms with van der Waals surface area (Å²) < 4.78 is 4.85. The molecular weight excluding hydrogens is 268 g/mol. The van der Waals surface area contributed by atoms with E-state index in [1.807, 2.05) is 0 Å². The Labute approximate surface area is 113 Å². The summed E-state index contributed by atoms with van der Waals surface area (Å²) in [4.78, 5) is 27.4. The van der Waals surface area contributed by atoms with Gasteiger partial charge in [0.1, 0.15) is 11.4 Å². The number of hydrogen-bond acceptors (Lipinski definition) is 6. The Hall–Kier alpha value is -2.22. The third kappa shape index (κ3) is 3.38. The van der Waals surface area contributed by atoms with Crippen molar-refractivity contribution in [2.75, 3.05) is 11.9 Å². The number of H-pyrrole nitrogens is 1. The molecule has 0 radical (unpaired) electrons. The average Bonchev–Trinajstić information content (AvgIpc) is 3.00. The topological polar surface area (TPSA) is 97.0 Å². The number of nitrogens with zero attached hydrogens (tertiary/aromatic N) is 2. The molecule has 0 bridgehead atoms. The molecule has 0 fully saturated rings. The summed E-state index contributed by atoms with van der Waals surface area (Å²) in [6.45, 7) is 1.97. The van der Waals surface area contributed by atoms with Gasteiger partial charge in [-0.25, -0.2) is 9.78 Å². The summed E-state index contributed by atoms with van der Waals surface area (Å²) in [5.41, 5.74) is 2.54. The Morgan fingerprint density at radius 2 is 2.37 bits per heavy atom. The number of aromatic nitrogens is 3. The van der Waals surface area contributed by atoms with Crippen LogP contribution in [0.25, 0.3) is 0 Å². The zero-order chi connectivity index (χ0) is 13.7. The number of ether oxygens (including phenoxy) is 1. The van der Waals surface area contributed by atoms with Gasteiger partial charge in [0.2, 0.25) is 5.91 Å².